The summed E-state index contributed by atoms with van der Waals surface area (Å²) in [4.78, 5) is 10.9. The number of halogens is 1. The van der Waals surface area contributed by atoms with Gasteiger partial charge in [0.2, 0.25) is 5.91 Å². The van der Waals surface area contributed by atoms with Crippen LogP contribution in [-0.4, -0.2) is 25.7 Å². The highest BCUT2D eigenvalue weighted by Gasteiger charge is 2.10. The normalized spacial score (nSPS) is 12.4. The molecule has 1 rings (SSSR count). The van der Waals surface area contributed by atoms with Crippen LogP contribution in [0.15, 0.2) is 24.3 Å². The molecule has 16 heavy (non-hydrogen) atoms. The number of amides is 1. The lowest BCUT2D eigenvalue weighted by Gasteiger charge is -2.13. The lowest BCUT2D eigenvalue weighted by Crippen LogP contribution is -2.50. The fraction of sp³-hybridized carbons (Fsp3) is 0.364. The number of benzene rings is 1. The fourth-order valence-electron chi connectivity index (χ4n) is 1.40. The molecule has 1 unspecified atom stereocenters. The second-order valence-corrected chi connectivity index (χ2v) is 3.46. The Balaban J connectivity index is 2.38. The summed E-state index contributed by atoms with van der Waals surface area (Å²) in [5.74, 6) is -0.709. The van der Waals surface area contributed by atoms with E-state index >= 15 is 0 Å². The standard InChI is InChI=1S/C11H16FN3O/c1-14-11(10(13)16)15-6-5-8-3-2-4-9(12)7-8/h2-4,7,11,14-15H,5-6H2,1H3,(H2,13,16). The second-order valence-electron chi connectivity index (χ2n) is 3.46. The highest BCUT2D eigenvalue weighted by atomic mass is 19.1. The smallest absolute Gasteiger partial charge is 0.249 e. The minimum atomic E-state index is -0.548. The molecule has 0 aliphatic carbocycles. The van der Waals surface area contributed by atoms with E-state index in [4.69, 9.17) is 5.73 Å². The summed E-state index contributed by atoms with van der Waals surface area (Å²) in [5.41, 5.74) is 6.01. The van der Waals surface area contributed by atoms with E-state index in [-0.39, 0.29) is 5.82 Å². The monoisotopic (exact) mass is 225 g/mol. The van der Waals surface area contributed by atoms with Gasteiger partial charge in [-0.3, -0.25) is 15.4 Å². The predicted molar refractivity (Wildman–Crippen MR) is 60.1 cm³/mol. The molecule has 0 radical (unpaired) electrons. The van der Waals surface area contributed by atoms with Crippen molar-refractivity contribution in [1.29, 1.82) is 0 Å². The van der Waals surface area contributed by atoms with Crippen molar-refractivity contribution in [2.75, 3.05) is 13.6 Å². The Morgan fingerprint density at radius 1 is 1.56 bits per heavy atom. The van der Waals surface area contributed by atoms with Gasteiger partial charge >= 0.3 is 0 Å². The van der Waals surface area contributed by atoms with Crippen molar-refractivity contribution in [1.82, 2.24) is 10.6 Å². The van der Waals surface area contributed by atoms with E-state index in [9.17, 15) is 9.18 Å². The van der Waals surface area contributed by atoms with Gasteiger partial charge in [0, 0.05) is 6.54 Å². The van der Waals surface area contributed by atoms with E-state index in [2.05, 4.69) is 10.6 Å². The SMILES string of the molecule is CNC(NCCc1cccc(F)c1)C(N)=O. The molecule has 0 bridgehead atoms. The molecular weight excluding hydrogens is 209 g/mol. The number of rotatable bonds is 6. The maximum absolute atomic E-state index is 12.8. The number of nitrogens with two attached hydrogens (primary N) is 1. The molecule has 0 fully saturated rings. The van der Waals surface area contributed by atoms with Crippen LogP contribution < -0.4 is 16.4 Å². The van der Waals surface area contributed by atoms with Crippen molar-refractivity contribution in [3.05, 3.63) is 35.6 Å². The Morgan fingerprint density at radius 2 is 2.31 bits per heavy atom. The molecule has 4 N–H and O–H groups in total. The first kappa shape index (κ1) is 12.6. The third kappa shape index (κ3) is 3.96. The van der Waals surface area contributed by atoms with E-state index in [0.717, 1.165) is 5.56 Å². The summed E-state index contributed by atoms with van der Waals surface area (Å²) in [6.07, 6.45) is 0.0945. The summed E-state index contributed by atoms with van der Waals surface area (Å²) < 4.78 is 12.8. The van der Waals surface area contributed by atoms with Crippen LogP contribution in [0.2, 0.25) is 0 Å². The van der Waals surface area contributed by atoms with Crippen LogP contribution in [0.1, 0.15) is 5.56 Å². The molecule has 4 nitrogen and oxygen atoms in total. The van der Waals surface area contributed by atoms with Gasteiger partial charge in [-0.25, -0.2) is 4.39 Å². The minimum Gasteiger partial charge on any atom is -0.367 e. The summed E-state index contributed by atoms with van der Waals surface area (Å²) in [5, 5.41) is 5.67. The Hall–Kier alpha value is -1.46. The first-order chi connectivity index (χ1) is 7.63. The summed E-state index contributed by atoms with van der Waals surface area (Å²) in [6.45, 7) is 0.553. The molecule has 0 aliphatic rings. The average molecular weight is 225 g/mol. The Labute approximate surface area is 94.0 Å². The molecule has 0 spiro atoms. The van der Waals surface area contributed by atoms with Gasteiger partial charge in [-0.05, 0) is 31.2 Å². The van der Waals surface area contributed by atoms with E-state index in [1.165, 1.54) is 12.1 Å². The zero-order valence-corrected chi connectivity index (χ0v) is 9.16. The van der Waals surface area contributed by atoms with Crippen LogP contribution in [0, 0.1) is 5.82 Å². The highest BCUT2D eigenvalue weighted by Crippen LogP contribution is 2.03. The predicted octanol–water partition coefficient (Wildman–Crippen LogP) is -0.0114. The number of primary amides is 1. The lowest BCUT2D eigenvalue weighted by molar-refractivity contribution is -0.120. The molecule has 0 aromatic heterocycles. The number of hydrogen-bond acceptors (Lipinski definition) is 3. The topological polar surface area (TPSA) is 67.2 Å². The molecule has 1 atom stereocenters. The van der Waals surface area contributed by atoms with Crippen LogP contribution >= 0.6 is 0 Å². The third-order valence-electron chi connectivity index (χ3n) is 2.22. The minimum absolute atomic E-state index is 0.252. The largest absolute Gasteiger partial charge is 0.367 e. The van der Waals surface area contributed by atoms with Gasteiger partial charge < -0.3 is 5.73 Å². The van der Waals surface area contributed by atoms with Crippen LogP contribution in [0.5, 0.6) is 0 Å². The molecule has 0 heterocycles. The average Bonchev–Trinajstić information content (AvgIpc) is 2.24. The summed E-state index contributed by atoms with van der Waals surface area (Å²) in [7, 11) is 1.64. The van der Waals surface area contributed by atoms with Gasteiger partial charge in [-0.15, -0.1) is 0 Å². The molecule has 1 amide bonds. The van der Waals surface area contributed by atoms with Gasteiger partial charge in [0.1, 0.15) is 12.0 Å². The number of hydrogen-bond donors (Lipinski definition) is 3. The van der Waals surface area contributed by atoms with Gasteiger partial charge in [0.25, 0.3) is 0 Å². The van der Waals surface area contributed by atoms with Crippen molar-refractivity contribution in [2.45, 2.75) is 12.6 Å². The number of carbonyl (C=O) groups is 1. The zero-order valence-electron chi connectivity index (χ0n) is 9.16. The van der Waals surface area contributed by atoms with Crippen molar-refractivity contribution >= 4 is 5.91 Å². The maximum Gasteiger partial charge on any atom is 0.249 e. The lowest BCUT2D eigenvalue weighted by atomic mass is 10.1. The molecule has 1 aromatic carbocycles. The number of likely N-dealkylation sites (N-methyl/N-ethyl adjacent to an activating group) is 1. The van der Waals surface area contributed by atoms with E-state index in [1.807, 2.05) is 6.07 Å². The quantitative estimate of drug-likeness (QED) is 0.596. The fourth-order valence-corrected chi connectivity index (χ4v) is 1.40. The van der Waals surface area contributed by atoms with Gasteiger partial charge in [0.15, 0.2) is 0 Å². The molecule has 0 saturated carbocycles. The van der Waals surface area contributed by atoms with Crippen molar-refractivity contribution in [2.24, 2.45) is 5.73 Å². The van der Waals surface area contributed by atoms with Crippen molar-refractivity contribution in [3.8, 4) is 0 Å². The summed E-state index contributed by atoms with van der Waals surface area (Å²) in [6, 6.07) is 6.37. The molecule has 5 heteroatoms. The van der Waals surface area contributed by atoms with E-state index in [1.54, 1.807) is 13.1 Å². The Kier molecular flexibility index (Phi) is 4.88. The number of nitrogens with one attached hydrogen (secondary N) is 2. The van der Waals surface area contributed by atoms with Gasteiger partial charge in [0.05, 0.1) is 0 Å². The first-order valence-electron chi connectivity index (χ1n) is 5.08. The molecule has 0 aliphatic heterocycles. The maximum atomic E-state index is 12.8. The second kappa shape index (κ2) is 6.19. The molecule has 88 valence electrons. The first-order valence-corrected chi connectivity index (χ1v) is 5.08. The van der Waals surface area contributed by atoms with Crippen LogP contribution in [0.25, 0.3) is 0 Å². The third-order valence-corrected chi connectivity index (χ3v) is 2.22. The Morgan fingerprint density at radius 3 is 2.88 bits per heavy atom. The molecule has 0 saturated heterocycles. The van der Waals surface area contributed by atoms with Gasteiger partial charge in [-0.2, -0.15) is 0 Å². The van der Waals surface area contributed by atoms with Crippen LogP contribution in [-0.2, 0) is 11.2 Å². The van der Waals surface area contributed by atoms with E-state index < -0.39 is 12.1 Å². The molecule has 1 aromatic rings. The van der Waals surface area contributed by atoms with Crippen LogP contribution in [0.3, 0.4) is 0 Å². The Bertz CT molecular complexity index is 357. The highest BCUT2D eigenvalue weighted by molar-refractivity contribution is 5.79. The number of carbonyl (C=O) groups excluding carboxylic acids is 1. The van der Waals surface area contributed by atoms with Crippen LogP contribution in [0.4, 0.5) is 4.39 Å². The van der Waals surface area contributed by atoms with E-state index in [0.29, 0.717) is 13.0 Å². The zero-order chi connectivity index (χ0) is 12.0. The van der Waals surface area contributed by atoms with Gasteiger partial charge in [-0.1, -0.05) is 12.1 Å². The molecular formula is C11H16FN3O. The summed E-state index contributed by atoms with van der Waals surface area (Å²) >= 11 is 0. The van der Waals surface area contributed by atoms with Crippen molar-refractivity contribution in [3.63, 3.8) is 0 Å². The van der Waals surface area contributed by atoms with Crippen molar-refractivity contribution < 1.29 is 9.18 Å².